The zero-order chi connectivity index (χ0) is 47.0. The first-order chi connectivity index (χ1) is 31.0. The monoisotopic (exact) mass is 920 g/mol. The molecule has 0 saturated heterocycles. The zero-order valence-corrected chi connectivity index (χ0v) is 40.3. The maximum Gasteiger partial charge on any atom is 0.326 e. The molecule has 366 valence electrons. The molecule has 2 amide bonds. The Labute approximate surface area is 389 Å². The van der Waals surface area contributed by atoms with E-state index in [-0.39, 0.29) is 42.0 Å². The molecule has 14 heteroatoms. The second kappa shape index (κ2) is 39.7. The highest BCUT2D eigenvalue weighted by Gasteiger charge is 2.23. The van der Waals surface area contributed by atoms with Gasteiger partial charge in [0.25, 0.3) is 5.91 Å². The quantitative estimate of drug-likeness (QED) is 0.0306. The van der Waals surface area contributed by atoms with E-state index in [1.54, 1.807) is 0 Å². The second-order valence-electron chi connectivity index (χ2n) is 17.3. The fraction of sp³-hybridized carbons (Fsp3) is 0.760. The minimum absolute atomic E-state index is 0.0667. The molecule has 0 aliphatic carbocycles. The van der Waals surface area contributed by atoms with Crippen LogP contribution in [0.15, 0.2) is 24.3 Å². The third-order valence-electron chi connectivity index (χ3n) is 11.3. The van der Waals surface area contributed by atoms with Gasteiger partial charge in [0, 0.05) is 42.0 Å². The summed E-state index contributed by atoms with van der Waals surface area (Å²) in [6.45, 7) is 4.42. The lowest BCUT2D eigenvalue weighted by Crippen LogP contribution is -2.41. The van der Waals surface area contributed by atoms with E-state index in [1.807, 2.05) is 0 Å². The normalized spacial score (nSPS) is 12.5. The van der Waals surface area contributed by atoms with Gasteiger partial charge in [-0.05, 0) is 43.5 Å². The van der Waals surface area contributed by atoms with Crippen molar-refractivity contribution in [3.8, 4) is 0 Å². The summed E-state index contributed by atoms with van der Waals surface area (Å²) >= 11 is 1.32. The molecule has 6 N–H and O–H groups in total. The van der Waals surface area contributed by atoms with Gasteiger partial charge in [-0.1, -0.05) is 168 Å². The maximum absolute atomic E-state index is 12.9. The molecule has 0 heterocycles. The molecular weight excluding hydrogens is 835 g/mol. The Balaban J connectivity index is 2.54. The predicted octanol–water partition coefficient (Wildman–Crippen LogP) is 11.2. The van der Waals surface area contributed by atoms with E-state index >= 15 is 0 Å². The van der Waals surface area contributed by atoms with Crippen molar-refractivity contribution in [2.75, 3.05) is 23.4 Å². The summed E-state index contributed by atoms with van der Waals surface area (Å²) < 4.78 is 11.4. The summed E-state index contributed by atoms with van der Waals surface area (Å²) in [4.78, 5) is 73.3. The molecule has 0 spiro atoms. The van der Waals surface area contributed by atoms with Crippen molar-refractivity contribution in [3.05, 3.63) is 29.8 Å². The lowest BCUT2D eigenvalue weighted by atomic mass is 10.0. The van der Waals surface area contributed by atoms with Gasteiger partial charge in [-0.2, -0.15) is 11.8 Å². The Morgan fingerprint density at radius 2 is 1.03 bits per heavy atom. The van der Waals surface area contributed by atoms with E-state index in [0.717, 1.165) is 38.5 Å². The smallest absolute Gasteiger partial charge is 0.326 e. The number of carboxylic acids is 2. The van der Waals surface area contributed by atoms with Gasteiger partial charge >= 0.3 is 23.9 Å². The topological polar surface area (TPSA) is 211 Å². The van der Waals surface area contributed by atoms with Crippen LogP contribution < -0.4 is 16.4 Å². The first-order valence-electron chi connectivity index (χ1n) is 24.8. The van der Waals surface area contributed by atoms with Gasteiger partial charge in [0.1, 0.15) is 18.8 Å². The summed E-state index contributed by atoms with van der Waals surface area (Å²) in [6, 6.07) is 3.44. The van der Waals surface area contributed by atoms with Crippen LogP contribution in [0.5, 0.6) is 0 Å². The lowest BCUT2D eigenvalue weighted by Gasteiger charge is -2.19. The SMILES string of the molecule is CCCCCCCCCCCCCCCC(=O)OC[C@H](CSC[C@H](N)C(=O)Nc1ccc(C(=O)NC(CCC(=O)O)C(=O)O)cc1)OC(=O)CCCCCCCCCCCCCCC. The summed E-state index contributed by atoms with van der Waals surface area (Å²) in [6.07, 6.45) is 30.8. The number of benzene rings is 1. The maximum atomic E-state index is 12.9. The number of hydrogen-bond acceptors (Lipinski definition) is 10. The molecular formula is C50H85N3O10S. The fourth-order valence-electron chi connectivity index (χ4n) is 7.30. The molecule has 1 aromatic carbocycles. The zero-order valence-electron chi connectivity index (χ0n) is 39.5. The number of amides is 2. The number of rotatable bonds is 43. The van der Waals surface area contributed by atoms with Crippen molar-refractivity contribution in [1.29, 1.82) is 0 Å². The van der Waals surface area contributed by atoms with Crippen LogP contribution in [0.2, 0.25) is 0 Å². The first-order valence-corrected chi connectivity index (χ1v) is 26.0. The van der Waals surface area contributed by atoms with Crippen molar-refractivity contribution in [2.24, 2.45) is 5.73 Å². The molecule has 13 nitrogen and oxygen atoms in total. The van der Waals surface area contributed by atoms with Crippen molar-refractivity contribution in [2.45, 2.75) is 225 Å². The number of ether oxygens (including phenoxy) is 2. The molecule has 1 rings (SSSR count). The van der Waals surface area contributed by atoms with Gasteiger partial charge in [-0.3, -0.25) is 24.0 Å². The van der Waals surface area contributed by atoms with E-state index in [9.17, 15) is 33.9 Å². The minimum Gasteiger partial charge on any atom is -0.481 e. The van der Waals surface area contributed by atoms with Gasteiger partial charge in [-0.15, -0.1) is 0 Å². The molecule has 0 saturated carbocycles. The van der Waals surface area contributed by atoms with Crippen LogP contribution >= 0.6 is 11.8 Å². The lowest BCUT2D eigenvalue weighted by molar-refractivity contribution is -0.157. The summed E-state index contributed by atoms with van der Waals surface area (Å²) in [5.74, 6) is -3.88. The minimum atomic E-state index is -1.37. The first kappa shape index (κ1) is 58.4. The van der Waals surface area contributed by atoms with E-state index in [4.69, 9.17) is 20.3 Å². The fourth-order valence-corrected chi connectivity index (χ4v) is 8.27. The standard InChI is InChI=1S/C50H85N3O10S/c1-3-5-7-9-11-13-15-17-19-21-23-25-27-29-46(56)62-37-42(63-47(57)30-28-26-24-22-20-18-16-14-12-10-8-6-4-2)38-64-39-43(51)49(59)52-41-33-31-40(32-34-41)48(58)53-44(50(60)61)35-36-45(54)55/h31-34,42-44H,3-30,35-39,51H2,1-2H3,(H,52,59)(H,53,58)(H,54,55)(H,60,61)/t42-,43+,44?/m1/s1. The number of hydrogen-bond donors (Lipinski definition) is 5. The molecule has 3 atom stereocenters. The largest absolute Gasteiger partial charge is 0.481 e. The Hall–Kier alpha value is -3.65. The third-order valence-corrected chi connectivity index (χ3v) is 12.5. The Kier molecular flexibility index (Phi) is 36.2. The van der Waals surface area contributed by atoms with Crippen molar-refractivity contribution in [3.63, 3.8) is 0 Å². The number of anilines is 1. The molecule has 1 unspecified atom stereocenters. The number of nitrogens with one attached hydrogen (secondary N) is 2. The molecule has 0 radical (unpaired) electrons. The van der Waals surface area contributed by atoms with Crippen molar-refractivity contribution < 1.29 is 48.5 Å². The number of esters is 2. The van der Waals surface area contributed by atoms with Crippen LogP contribution in [0.1, 0.15) is 217 Å². The summed E-state index contributed by atoms with van der Waals surface area (Å²) in [5.41, 5.74) is 6.68. The summed E-state index contributed by atoms with van der Waals surface area (Å²) in [7, 11) is 0. The van der Waals surface area contributed by atoms with E-state index < -0.39 is 48.4 Å². The van der Waals surface area contributed by atoms with E-state index in [2.05, 4.69) is 24.5 Å². The van der Waals surface area contributed by atoms with Crippen LogP contribution in [-0.4, -0.2) is 82.2 Å². The summed E-state index contributed by atoms with van der Waals surface area (Å²) in [5, 5.41) is 23.2. The molecule has 64 heavy (non-hydrogen) atoms. The molecule has 0 aliphatic rings. The molecule has 0 aromatic heterocycles. The highest BCUT2D eigenvalue weighted by atomic mass is 32.2. The Morgan fingerprint density at radius 1 is 0.594 bits per heavy atom. The second-order valence-corrected chi connectivity index (χ2v) is 18.4. The number of carbonyl (C=O) groups is 6. The number of unbranched alkanes of at least 4 members (excludes halogenated alkanes) is 24. The highest BCUT2D eigenvalue weighted by molar-refractivity contribution is 7.99. The number of thioether (sulfide) groups is 1. The van der Waals surface area contributed by atoms with Gasteiger partial charge in [0.05, 0.1) is 6.04 Å². The van der Waals surface area contributed by atoms with Gasteiger partial charge in [-0.25, -0.2) is 4.79 Å². The van der Waals surface area contributed by atoms with E-state index in [0.29, 0.717) is 18.5 Å². The van der Waals surface area contributed by atoms with Gasteiger partial charge in [0.2, 0.25) is 5.91 Å². The molecule has 0 bridgehead atoms. The number of carboxylic acid groups (broad SMARTS) is 2. The van der Waals surface area contributed by atoms with Crippen LogP contribution in [-0.2, 0) is 33.4 Å². The average molecular weight is 920 g/mol. The van der Waals surface area contributed by atoms with Crippen LogP contribution in [0.3, 0.4) is 0 Å². The van der Waals surface area contributed by atoms with Crippen molar-refractivity contribution >= 4 is 53.1 Å². The Bertz CT molecular complexity index is 1410. The van der Waals surface area contributed by atoms with Crippen molar-refractivity contribution in [1.82, 2.24) is 5.32 Å². The van der Waals surface area contributed by atoms with E-state index in [1.165, 1.54) is 164 Å². The van der Waals surface area contributed by atoms with Crippen LogP contribution in [0.4, 0.5) is 5.69 Å². The van der Waals surface area contributed by atoms with Gasteiger partial charge in [0.15, 0.2) is 0 Å². The van der Waals surface area contributed by atoms with Gasteiger partial charge < -0.3 is 36.1 Å². The Morgan fingerprint density at radius 3 is 1.47 bits per heavy atom. The molecule has 1 aromatic rings. The highest BCUT2D eigenvalue weighted by Crippen LogP contribution is 2.17. The number of carbonyl (C=O) groups excluding carboxylic acids is 4. The molecule has 0 fully saturated rings. The number of aliphatic carboxylic acids is 2. The predicted molar refractivity (Wildman–Crippen MR) is 258 cm³/mol. The third kappa shape index (κ3) is 32.9. The van der Waals surface area contributed by atoms with Crippen LogP contribution in [0.25, 0.3) is 0 Å². The molecule has 0 aliphatic heterocycles. The average Bonchev–Trinajstić information content (AvgIpc) is 3.27. The van der Waals surface area contributed by atoms with Crippen LogP contribution in [0, 0.1) is 0 Å². The number of nitrogens with two attached hydrogens (primary N) is 1.